The molecule has 6 nitrogen and oxygen atoms in total. The standard InChI is InChI=1S/C10H10BrN3O3S/c1-17-9-3-7(11)2-8(4-9)14-18(15,16)10-5-12-13-6-10/h2-6,14H,1H3,(H,12,13). The van der Waals surface area contributed by atoms with Crippen LogP contribution in [0.3, 0.4) is 0 Å². The molecule has 0 unspecified atom stereocenters. The first-order valence-electron chi connectivity index (χ1n) is 4.87. The number of aromatic amines is 1. The van der Waals surface area contributed by atoms with Crippen LogP contribution in [0.1, 0.15) is 0 Å². The van der Waals surface area contributed by atoms with Crippen LogP contribution in [-0.2, 0) is 10.0 Å². The average Bonchev–Trinajstić information content (AvgIpc) is 2.81. The molecule has 0 bridgehead atoms. The number of anilines is 1. The van der Waals surface area contributed by atoms with Crippen molar-refractivity contribution in [3.8, 4) is 5.75 Å². The van der Waals surface area contributed by atoms with Gasteiger partial charge >= 0.3 is 0 Å². The van der Waals surface area contributed by atoms with Crippen molar-refractivity contribution in [1.82, 2.24) is 10.2 Å². The van der Waals surface area contributed by atoms with E-state index in [0.717, 1.165) is 0 Å². The zero-order chi connectivity index (χ0) is 13.2. The number of hydrogen-bond acceptors (Lipinski definition) is 4. The molecule has 96 valence electrons. The van der Waals surface area contributed by atoms with Crippen LogP contribution in [0.25, 0.3) is 0 Å². The highest BCUT2D eigenvalue weighted by Crippen LogP contribution is 2.26. The molecule has 2 rings (SSSR count). The number of nitrogens with one attached hydrogen (secondary N) is 2. The minimum absolute atomic E-state index is 0.0708. The average molecular weight is 332 g/mol. The van der Waals surface area contributed by atoms with Gasteiger partial charge in [0.05, 0.1) is 19.0 Å². The van der Waals surface area contributed by atoms with E-state index in [9.17, 15) is 8.42 Å². The lowest BCUT2D eigenvalue weighted by molar-refractivity contribution is 0.415. The number of sulfonamides is 1. The van der Waals surface area contributed by atoms with Crippen molar-refractivity contribution >= 4 is 31.6 Å². The molecule has 0 radical (unpaired) electrons. The van der Waals surface area contributed by atoms with Gasteiger partial charge in [-0.15, -0.1) is 0 Å². The van der Waals surface area contributed by atoms with Crippen molar-refractivity contribution in [3.63, 3.8) is 0 Å². The van der Waals surface area contributed by atoms with Gasteiger partial charge in [-0.3, -0.25) is 9.82 Å². The Labute approximate surface area is 113 Å². The Hall–Kier alpha value is -1.54. The Bertz CT molecular complexity index is 640. The van der Waals surface area contributed by atoms with Gasteiger partial charge in [0.2, 0.25) is 0 Å². The van der Waals surface area contributed by atoms with E-state index in [1.54, 1.807) is 18.2 Å². The molecule has 0 amide bonds. The van der Waals surface area contributed by atoms with Gasteiger partial charge in [-0.25, -0.2) is 8.42 Å². The monoisotopic (exact) mass is 331 g/mol. The van der Waals surface area contributed by atoms with Crippen LogP contribution in [0.2, 0.25) is 0 Å². The second-order valence-electron chi connectivity index (χ2n) is 3.42. The molecule has 0 aliphatic rings. The van der Waals surface area contributed by atoms with E-state index in [-0.39, 0.29) is 4.90 Å². The minimum Gasteiger partial charge on any atom is -0.497 e. The highest BCUT2D eigenvalue weighted by Gasteiger charge is 2.15. The van der Waals surface area contributed by atoms with E-state index in [4.69, 9.17) is 4.74 Å². The summed E-state index contributed by atoms with van der Waals surface area (Å²) in [5.41, 5.74) is 0.405. The largest absolute Gasteiger partial charge is 0.497 e. The third-order valence-electron chi connectivity index (χ3n) is 2.14. The quantitative estimate of drug-likeness (QED) is 0.897. The number of benzene rings is 1. The number of aromatic nitrogens is 2. The maximum Gasteiger partial charge on any atom is 0.265 e. The summed E-state index contributed by atoms with van der Waals surface area (Å²) in [4.78, 5) is 0.0708. The highest BCUT2D eigenvalue weighted by molar-refractivity contribution is 9.10. The van der Waals surface area contributed by atoms with Gasteiger partial charge in [-0.2, -0.15) is 5.10 Å². The molecule has 0 spiro atoms. The summed E-state index contributed by atoms with van der Waals surface area (Å²) in [5.74, 6) is 0.550. The topological polar surface area (TPSA) is 84.1 Å². The van der Waals surface area contributed by atoms with E-state index in [2.05, 4.69) is 30.8 Å². The fourth-order valence-corrected chi connectivity index (χ4v) is 2.76. The molecule has 1 aromatic heterocycles. The zero-order valence-electron chi connectivity index (χ0n) is 9.34. The molecule has 1 heterocycles. The van der Waals surface area contributed by atoms with Crippen LogP contribution in [0.4, 0.5) is 5.69 Å². The van der Waals surface area contributed by atoms with Gasteiger partial charge in [-0.1, -0.05) is 15.9 Å². The van der Waals surface area contributed by atoms with Gasteiger partial charge in [0, 0.05) is 16.7 Å². The molecule has 8 heteroatoms. The highest BCUT2D eigenvalue weighted by atomic mass is 79.9. The van der Waals surface area contributed by atoms with Crippen molar-refractivity contribution in [3.05, 3.63) is 35.1 Å². The van der Waals surface area contributed by atoms with Crippen molar-refractivity contribution in [1.29, 1.82) is 0 Å². The number of H-pyrrole nitrogens is 1. The summed E-state index contributed by atoms with van der Waals surface area (Å²) in [6.07, 6.45) is 2.54. The Kier molecular flexibility index (Phi) is 3.58. The first kappa shape index (κ1) is 12.9. The number of nitrogens with zero attached hydrogens (tertiary/aromatic N) is 1. The summed E-state index contributed by atoms with van der Waals surface area (Å²) < 4.78 is 32.1. The molecule has 18 heavy (non-hydrogen) atoms. The van der Waals surface area contributed by atoms with Gasteiger partial charge in [0.1, 0.15) is 10.6 Å². The number of hydrogen-bond donors (Lipinski definition) is 2. The van der Waals surface area contributed by atoms with E-state index in [1.807, 2.05) is 0 Å². The number of halogens is 1. The van der Waals surface area contributed by atoms with Crippen LogP contribution >= 0.6 is 15.9 Å². The summed E-state index contributed by atoms with van der Waals surface area (Å²) in [5, 5.41) is 6.06. The maximum absolute atomic E-state index is 11.9. The first-order chi connectivity index (χ1) is 8.51. The van der Waals surface area contributed by atoms with Crippen molar-refractivity contribution in [2.24, 2.45) is 0 Å². The van der Waals surface area contributed by atoms with Crippen molar-refractivity contribution < 1.29 is 13.2 Å². The van der Waals surface area contributed by atoms with E-state index in [0.29, 0.717) is 15.9 Å². The molecule has 0 saturated heterocycles. The molecule has 0 atom stereocenters. The third kappa shape index (κ3) is 2.82. The number of ether oxygens (including phenoxy) is 1. The summed E-state index contributed by atoms with van der Waals surface area (Å²) in [7, 11) is -2.12. The van der Waals surface area contributed by atoms with E-state index < -0.39 is 10.0 Å². The Balaban J connectivity index is 2.32. The smallest absolute Gasteiger partial charge is 0.265 e. The predicted molar refractivity (Wildman–Crippen MR) is 70.1 cm³/mol. The second-order valence-corrected chi connectivity index (χ2v) is 6.02. The lowest BCUT2D eigenvalue weighted by atomic mass is 10.3. The van der Waals surface area contributed by atoms with Crippen LogP contribution < -0.4 is 9.46 Å². The molecular weight excluding hydrogens is 322 g/mol. The van der Waals surface area contributed by atoms with Gasteiger partial charge in [0.15, 0.2) is 0 Å². The number of rotatable bonds is 4. The minimum atomic E-state index is -3.63. The second kappa shape index (κ2) is 4.99. The van der Waals surface area contributed by atoms with Gasteiger partial charge in [-0.05, 0) is 12.1 Å². The lowest BCUT2D eigenvalue weighted by Crippen LogP contribution is -2.12. The SMILES string of the molecule is COc1cc(Br)cc(NS(=O)(=O)c2cn[nH]c2)c1. The molecule has 0 aliphatic carbocycles. The summed E-state index contributed by atoms with van der Waals surface area (Å²) >= 11 is 3.28. The Morgan fingerprint density at radius 1 is 1.39 bits per heavy atom. The predicted octanol–water partition coefficient (Wildman–Crippen LogP) is 1.98. The Morgan fingerprint density at radius 3 is 2.78 bits per heavy atom. The number of methoxy groups -OCH3 is 1. The maximum atomic E-state index is 11.9. The van der Waals surface area contributed by atoms with Crippen molar-refractivity contribution in [2.75, 3.05) is 11.8 Å². The normalized spacial score (nSPS) is 11.2. The summed E-state index contributed by atoms with van der Waals surface area (Å²) in [6.45, 7) is 0. The van der Waals surface area contributed by atoms with Gasteiger partial charge < -0.3 is 4.74 Å². The van der Waals surface area contributed by atoms with Crippen LogP contribution in [0, 0.1) is 0 Å². The fourth-order valence-electron chi connectivity index (χ4n) is 1.34. The fraction of sp³-hybridized carbons (Fsp3) is 0.100. The third-order valence-corrected chi connectivity index (χ3v) is 3.95. The molecule has 0 saturated carbocycles. The zero-order valence-corrected chi connectivity index (χ0v) is 11.7. The van der Waals surface area contributed by atoms with E-state index in [1.165, 1.54) is 19.5 Å². The molecule has 2 aromatic rings. The molecular formula is C10H10BrN3O3S. The molecule has 0 fully saturated rings. The van der Waals surface area contributed by atoms with Crippen LogP contribution in [0.15, 0.2) is 40.0 Å². The van der Waals surface area contributed by atoms with Crippen molar-refractivity contribution in [2.45, 2.75) is 4.90 Å². The molecule has 1 aromatic carbocycles. The van der Waals surface area contributed by atoms with E-state index >= 15 is 0 Å². The first-order valence-corrected chi connectivity index (χ1v) is 7.15. The van der Waals surface area contributed by atoms with Crippen LogP contribution in [0.5, 0.6) is 5.75 Å². The van der Waals surface area contributed by atoms with Crippen LogP contribution in [-0.4, -0.2) is 25.7 Å². The molecule has 0 aliphatic heterocycles. The molecule has 2 N–H and O–H groups in total. The van der Waals surface area contributed by atoms with Gasteiger partial charge in [0.25, 0.3) is 10.0 Å². The lowest BCUT2D eigenvalue weighted by Gasteiger charge is -2.08. The Morgan fingerprint density at radius 2 is 2.17 bits per heavy atom. The summed E-state index contributed by atoms with van der Waals surface area (Å²) in [6, 6.07) is 4.96.